The molecule has 144 valence electrons. The molecule has 0 saturated carbocycles. The lowest BCUT2D eigenvalue weighted by atomic mass is 10.0. The van der Waals surface area contributed by atoms with Crippen molar-refractivity contribution < 1.29 is 19.0 Å². The maximum atomic E-state index is 12.8. The Balaban J connectivity index is 0.00000243. The normalized spacial score (nSPS) is 16.8. The fraction of sp³-hybridized carbons (Fsp3) is 0.526. The van der Waals surface area contributed by atoms with Crippen molar-refractivity contribution in [1.29, 1.82) is 0 Å². The molecule has 0 bridgehead atoms. The lowest BCUT2D eigenvalue weighted by Crippen LogP contribution is -2.42. The largest absolute Gasteiger partial charge is 0.497 e. The van der Waals surface area contributed by atoms with E-state index in [1.807, 2.05) is 29.2 Å². The molecule has 3 rings (SSSR count). The van der Waals surface area contributed by atoms with Crippen LogP contribution in [0.15, 0.2) is 23.8 Å². The summed E-state index contributed by atoms with van der Waals surface area (Å²) < 4.78 is 16.8. The van der Waals surface area contributed by atoms with Crippen molar-refractivity contribution >= 4 is 24.4 Å². The van der Waals surface area contributed by atoms with Crippen LogP contribution in [0.5, 0.6) is 11.5 Å². The number of nitrogens with zero attached hydrogens (tertiary/aromatic N) is 1. The highest BCUT2D eigenvalue weighted by Gasteiger charge is 2.27. The Morgan fingerprint density at radius 3 is 2.81 bits per heavy atom. The van der Waals surface area contributed by atoms with Gasteiger partial charge in [0.1, 0.15) is 18.1 Å². The van der Waals surface area contributed by atoms with Crippen LogP contribution in [0, 0.1) is 0 Å². The summed E-state index contributed by atoms with van der Waals surface area (Å²) in [5.41, 5.74) is 7.05. The summed E-state index contributed by atoms with van der Waals surface area (Å²) in [6, 6.07) is 5.62. The number of nitrogens with two attached hydrogens (primary N) is 1. The fourth-order valence-corrected chi connectivity index (χ4v) is 3.17. The Bertz CT molecular complexity index is 642. The number of hydrogen-bond donors (Lipinski definition) is 1. The number of carbonyl (C=O) groups is 1. The van der Waals surface area contributed by atoms with Gasteiger partial charge in [0.25, 0.3) is 5.91 Å². The number of fused-ring (bicyclic) bond motifs is 1. The zero-order chi connectivity index (χ0) is 17.6. The maximum absolute atomic E-state index is 12.8. The quantitative estimate of drug-likeness (QED) is 0.764. The van der Waals surface area contributed by atoms with E-state index in [4.69, 9.17) is 19.9 Å². The predicted molar refractivity (Wildman–Crippen MR) is 103 cm³/mol. The van der Waals surface area contributed by atoms with E-state index in [9.17, 15) is 4.79 Å². The van der Waals surface area contributed by atoms with Crippen LogP contribution < -0.4 is 15.2 Å². The topological polar surface area (TPSA) is 74.0 Å². The second-order valence-electron chi connectivity index (χ2n) is 6.37. The van der Waals surface area contributed by atoms with E-state index in [-0.39, 0.29) is 24.4 Å². The molecule has 7 heteroatoms. The van der Waals surface area contributed by atoms with Crippen molar-refractivity contribution in [3.8, 4) is 11.5 Å². The molecule has 0 atom stereocenters. The molecule has 0 aromatic heterocycles. The monoisotopic (exact) mass is 382 g/mol. The molecule has 1 aromatic carbocycles. The van der Waals surface area contributed by atoms with Crippen molar-refractivity contribution in [2.24, 2.45) is 5.73 Å². The highest BCUT2D eigenvalue weighted by atomic mass is 35.5. The Morgan fingerprint density at radius 1 is 1.35 bits per heavy atom. The van der Waals surface area contributed by atoms with Crippen molar-refractivity contribution in [2.45, 2.75) is 25.4 Å². The Hall–Kier alpha value is -1.76. The predicted octanol–water partition coefficient (Wildman–Crippen LogP) is 2.25. The third-order valence-electron chi connectivity index (χ3n) is 4.64. The van der Waals surface area contributed by atoms with Crippen molar-refractivity contribution in [3.05, 3.63) is 29.3 Å². The van der Waals surface area contributed by atoms with Gasteiger partial charge in [-0.05, 0) is 50.1 Å². The highest BCUT2D eigenvalue weighted by Crippen LogP contribution is 2.30. The number of piperidine rings is 1. The average Bonchev–Trinajstić information content (AvgIpc) is 2.67. The number of ether oxygens (including phenoxy) is 3. The van der Waals surface area contributed by atoms with Gasteiger partial charge in [-0.2, -0.15) is 0 Å². The fourth-order valence-electron chi connectivity index (χ4n) is 3.17. The first kappa shape index (κ1) is 20.6. The average molecular weight is 383 g/mol. The van der Waals surface area contributed by atoms with Crippen LogP contribution in [0.25, 0.3) is 6.08 Å². The second kappa shape index (κ2) is 9.80. The van der Waals surface area contributed by atoms with E-state index in [2.05, 4.69) is 0 Å². The SMILES string of the molecule is COc1ccc2c(c1)C=C(C(=O)N1CCC(OCCCN)CC1)CO2.Cl. The van der Waals surface area contributed by atoms with Gasteiger partial charge in [-0.3, -0.25) is 4.79 Å². The Morgan fingerprint density at radius 2 is 2.12 bits per heavy atom. The molecule has 1 aromatic rings. The van der Waals surface area contributed by atoms with E-state index in [0.29, 0.717) is 38.4 Å². The van der Waals surface area contributed by atoms with Crippen LogP contribution in [0.2, 0.25) is 0 Å². The van der Waals surface area contributed by atoms with Gasteiger partial charge in [0, 0.05) is 25.3 Å². The third-order valence-corrected chi connectivity index (χ3v) is 4.64. The number of likely N-dealkylation sites (tertiary alicyclic amines) is 1. The van der Waals surface area contributed by atoms with Crippen molar-refractivity contribution in [1.82, 2.24) is 4.90 Å². The molecule has 0 aliphatic carbocycles. The molecule has 6 nitrogen and oxygen atoms in total. The van der Waals surface area contributed by atoms with Gasteiger partial charge in [-0.1, -0.05) is 0 Å². The van der Waals surface area contributed by atoms with Gasteiger partial charge in [0.05, 0.1) is 18.8 Å². The molecule has 0 radical (unpaired) electrons. The minimum atomic E-state index is 0. The van der Waals surface area contributed by atoms with Crippen molar-refractivity contribution in [2.75, 3.05) is 40.0 Å². The minimum Gasteiger partial charge on any atom is -0.497 e. The first-order chi connectivity index (χ1) is 12.2. The lowest BCUT2D eigenvalue weighted by Gasteiger charge is -2.33. The molecule has 1 amide bonds. The number of methoxy groups -OCH3 is 1. The first-order valence-corrected chi connectivity index (χ1v) is 8.83. The zero-order valence-electron chi connectivity index (χ0n) is 15.1. The molecule has 2 aliphatic heterocycles. The summed E-state index contributed by atoms with van der Waals surface area (Å²) in [5, 5.41) is 0. The smallest absolute Gasteiger partial charge is 0.253 e. The molecule has 1 fully saturated rings. The molecule has 1 saturated heterocycles. The van der Waals surface area contributed by atoms with Crippen LogP contribution in [-0.2, 0) is 9.53 Å². The van der Waals surface area contributed by atoms with Gasteiger partial charge in [-0.25, -0.2) is 0 Å². The standard InChI is InChI=1S/C19H26N2O4.ClH/c1-23-17-3-4-18-14(12-17)11-15(13-25-18)19(22)21-8-5-16(6-9-21)24-10-2-7-20;/h3-4,11-12,16H,2,5-10,13,20H2,1H3;1H. The summed E-state index contributed by atoms with van der Waals surface area (Å²) in [7, 11) is 1.63. The molecular weight excluding hydrogens is 356 g/mol. The van der Waals surface area contributed by atoms with Gasteiger partial charge >= 0.3 is 0 Å². The molecule has 2 N–H and O–H groups in total. The van der Waals surface area contributed by atoms with Gasteiger partial charge < -0.3 is 24.8 Å². The van der Waals surface area contributed by atoms with E-state index >= 15 is 0 Å². The molecule has 0 spiro atoms. The Labute approximate surface area is 160 Å². The van der Waals surface area contributed by atoms with E-state index in [1.165, 1.54) is 0 Å². The zero-order valence-corrected chi connectivity index (χ0v) is 15.9. The summed E-state index contributed by atoms with van der Waals surface area (Å²) in [4.78, 5) is 14.7. The summed E-state index contributed by atoms with van der Waals surface area (Å²) >= 11 is 0. The summed E-state index contributed by atoms with van der Waals surface area (Å²) in [6.45, 7) is 3.10. The maximum Gasteiger partial charge on any atom is 0.253 e. The third kappa shape index (κ3) is 4.90. The van der Waals surface area contributed by atoms with E-state index in [0.717, 1.165) is 36.3 Å². The van der Waals surface area contributed by atoms with Crippen LogP contribution >= 0.6 is 12.4 Å². The molecular formula is C19H27ClN2O4. The van der Waals surface area contributed by atoms with Crippen LogP contribution in [0.1, 0.15) is 24.8 Å². The number of hydrogen-bond acceptors (Lipinski definition) is 5. The number of carbonyl (C=O) groups excluding carboxylic acids is 1. The highest BCUT2D eigenvalue weighted by molar-refractivity contribution is 5.99. The van der Waals surface area contributed by atoms with E-state index < -0.39 is 0 Å². The number of rotatable bonds is 6. The second-order valence-corrected chi connectivity index (χ2v) is 6.37. The molecule has 0 unspecified atom stereocenters. The molecule has 2 aliphatic rings. The summed E-state index contributed by atoms with van der Waals surface area (Å²) in [6.07, 6.45) is 4.76. The summed E-state index contributed by atoms with van der Waals surface area (Å²) in [5.74, 6) is 1.58. The molecule has 26 heavy (non-hydrogen) atoms. The van der Waals surface area contributed by atoms with Crippen LogP contribution in [-0.4, -0.2) is 56.9 Å². The van der Waals surface area contributed by atoms with Crippen molar-refractivity contribution in [3.63, 3.8) is 0 Å². The van der Waals surface area contributed by atoms with Gasteiger partial charge in [0.2, 0.25) is 0 Å². The Kier molecular flexibility index (Phi) is 7.75. The van der Waals surface area contributed by atoms with Crippen LogP contribution in [0.4, 0.5) is 0 Å². The van der Waals surface area contributed by atoms with Gasteiger partial charge in [0.15, 0.2) is 0 Å². The minimum absolute atomic E-state index is 0. The number of benzene rings is 1. The number of amides is 1. The van der Waals surface area contributed by atoms with Gasteiger partial charge in [-0.15, -0.1) is 12.4 Å². The molecule has 2 heterocycles. The first-order valence-electron chi connectivity index (χ1n) is 8.83. The van der Waals surface area contributed by atoms with Crippen LogP contribution in [0.3, 0.4) is 0 Å². The van der Waals surface area contributed by atoms with E-state index in [1.54, 1.807) is 7.11 Å². The lowest BCUT2D eigenvalue weighted by molar-refractivity contribution is -0.130. The number of halogens is 1.